The highest BCUT2D eigenvalue weighted by molar-refractivity contribution is 6.30. The van der Waals surface area contributed by atoms with Gasteiger partial charge in [0, 0.05) is 42.2 Å². The highest BCUT2D eigenvalue weighted by Crippen LogP contribution is 2.72. The largest absolute Gasteiger partial charge is 0.498 e. The molecule has 0 saturated heterocycles. The van der Waals surface area contributed by atoms with E-state index in [1.807, 2.05) is 38.1 Å². The number of nitrogens with two attached hydrogens (primary N) is 2. The molecule has 0 aromatic heterocycles. The quantitative estimate of drug-likeness (QED) is 0.0661. The molecule has 5 aliphatic rings. The van der Waals surface area contributed by atoms with E-state index in [9.17, 15) is 14.4 Å². The lowest BCUT2D eigenvalue weighted by atomic mass is 9.38. The molecule has 0 radical (unpaired) electrons. The molecule has 5 N–H and O–H groups in total. The van der Waals surface area contributed by atoms with Crippen molar-refractivity contribution < 1.29 is 29.0 Å². The first-order chi connectivity index (χ1) is 26.5. The number of carbonyl (C=O) groups excluding carboxylic acids is 3. The first kappa shape index (κ1) is 47.9. The summed E-state index contributed by atoms with van der Waals surface area (Å²) in [6.45, 7) is 24.5. The number of carbonyl (C=O) groups is 3. The number of fused-ring (bicyclic) bond motifs is 7. The Balaban J connectivity index is 0.00000134. The topological polar surface area (TPSA) is 142 Å². The number of aliphatic hydroxyl groups is 1. The molecule has 0 heterocycles. The fraction of sp³-hybridized carbons (Fsp3) is 0.723. The zero-order chi connectivity index (χ0) is 42.2. The number of halogens is 1. The summed E-state index contributed by atoms with van der Waals surface area (Å²) in [7, 11) is 1.00. The number of aldehydes is 1. The Morgan fingerprint density at radius 2 is 1.59 bits per heavy atom. The normalized spacial score (nSPS) is 33.0. The Labute approximate surface area is 343 Å². The Bertz CT molecular complexity index is 1540. The van der Waals surface area contributed by atoms with Crippen molar-refractivity contribution in [2.24, 2.45) is 68.9 Å². The fourth-order valence-corrected chi connectivity index (χ4v) is 12.5. The van der Waals surface area contributed by atoms with E-state index in [-0.39, 0.29) is 40.7 Å². The minimum Gasteiger partial charge on any atom is -0.498 e. The number of ether oxygens (including phenoxy) is 2. The number of rotatable bonds is 11. The fourth-order valence-electron chi connectivity index (χ4n) is 12.4. The predicted octanol–water partition coefficient (Wildman–Crippen LogP) is 9.98. The van der Waals surface area contributed by atoms with E-state index in [4.69, 9.17) is 26.2 Å². The number of hydrogen-bond acceptors (Lipinski definition) is 8. The van der Waals surface area contributed by atoms with Crippen LogP contribution in [0.5, 0.6) is 0 Å². The second-order valence-electron chi connectivity index (χ2n) is 18.6. The lowest BCUT2D eigenvalue weighted by molar-refractivity contribution is -0.191. The average molecular weight is 800 g/mol. The summed E-state index contributed by atoms with van der Waals surface area (Å²) in [5, 5.41) is 7.74. The smallest absolute Gasteiger partial charge is 0.307 e. The van der Waals surface area contributed by atoms with Crippen LogP contribution < -0.4 is 11.7 Å². The molecule has 0 aliphatic heterocycles. The van der Waals surface area contributed by atoms with Crippen LogP contribution >= 0.6 is 11.6 Å². The van der Waals surface area contributed by atoms with E-state index in [0.717, 1.165) is 81.1 Å². The van der Waals surface area contributed by atoms with Gasteiger partial charge in [-0.25, -0.2) is 0 Å². The molecule has 5 aliphatic carbocycles. The third-order valence-electron chi connectivity index (χ3n) is 14.6. The molecule has 4 fully saturated rings. The van der Waals surface area contributed by atoms with E-state index in [2.05, 4.69) is 52.9 Å². The number of allylic oxidation sites excluding steroid dienone is 3. The summed E-state index contributed by atoms with van der Waals surface area (Å²) in [6, 6.07) is 7.93. The van der Waals surface area contributed by atoms with Gasteiger partial charge < -0.3 is 19.4 Å². The van der Waals surface area contributed by atoms with Crippen molar-refractivity contribution in [1.82, 2.24) is 0 Å². The molecule has 1 aromatic rings. The first-order valence-corrected chi connectivity index (χ1v) is 21.7. The van der Waals surface area contributed by atoms with E-state index in [1.54, 1.807) is 13.8 Å². The summed E-state index contributed by atoms with van der Waals surface area (Å²) in [5.74, 6) is 11.6. The summed E-state index contributed by atoms with van der Waals surface area (Å²) in [4.78, 5) is 38.3. The predicted molar refractivity (Wildman–Crippen MR) is 227 cm³/mol. The number of benzene rings is 1. The van der Waals surface area contributed by atoms with Gasteiger partial charge >= 0.3 is 5.97 Å². The van der Waals surface area contributed by atoms with Crippen molar-refractivity contribution in [1.29, 1.82) is 0 Å². The van der Waals surface area contributed by atoms with Crippen LogP contribution in [0.15, 0.2) is 47.7 Å². The van der Waals surface area contributed by atoms with Crippen LogP contribution in [-0.4, -0.2) is 43.0 Å². The summed E-state index contributed by atoms with van der Waals surface area (Å²) < 4.78 is 12.4. The lowest BCUT2D eigenvalue weighted by Gasteiger charge is -2.67. The molecule has 4 saturated carbocycles. The van der Waals surface area contributed by atoms with Crippen molar-refractivity contribution >= 4 is 29.6 Å². The maximum atomic E-state index is 13.9. The van der Waals surface area contributed by atoms with E-state index >= 15 is 0 Å². The van der Waals surface area contributed by atoms with Gasteiger partial charge in [0.05, 0.1) is 18.8 Å². The lowest BCUT2D eigenvalue weighted by Crippen LogP contribution is -2.60. The summed E-state index contributed by atoms with van der Waals surface area (Å²) >= 11 is 6.08. The second kappa shape index (κ2) is 20.0. The van der Waals surface area contributed by atoms with Crippen LogP contribution in [0.3, 0.4) is 0 Å². The summed E-state index contributed by atoms with van der Waals surface area (Å²) in [5.41, 5.74) is 3.33. The third-order valence-corrected chi connectivity index (χ3v) is 14.9. The van der Waals surface area contributed by atoms with Gasteiger partial charge in [0.1, 0.15) is 12.4 Å². The van der Waals surface area contributed by atoms with Gasteiger partial charge in [-0.1, -0.05) is 98.2 Å². The van der Waals surface area contributed by atoms with Crippen LogP contribution in [0.1, 0.15) is 139 Å². The molecule has 9 atom stereocenters. The van der Waals surface area contributed by atoms with E-state index in [0.29, 0.717) is 48.4 Å². The van der Waals surface area contributed by atoms with Crippen LogP contribution in [0.25, 0.3) is 0 Å². The molecule has 56 heavy (non-hydrogen) atoms. The van der Waals surface area contributed by atoms with Crippen molar-refractivity contribution in [3.05, 3.63) is 58.3 Å². The van der Waals surface area contributed by atoms with Gasteiger partial charge in [-0.15, -0.1) is 0 Å². The molecule has 6 rings (SSSR count). The third kappa shape index (κ3) is 9.67. The highest BCUT2D eigenvalue weighted by atomic mass is 35.5. The SMILES string of the molecule is C=C(CC12CCC3C(CCC4C3(C)CCC3C(C)C(OC(=O)CC(C)(C)C=O)CCC34C)C1=C(C(C)C)C(=O)C2)OCCc1ccc(Cl)cc1.CC.CO.NN. The minimum atomic E-state index is -0.695. The monoisotopic (exact) mass is 799 g/mol. The Morgan fingerprint density at radius 3 is 2.20 bits per heavy atom. The van der Waals surface area contributed by atoms with Crippen LogP contribution in [0, 0.1) is 57.2 Å². The number of esters is 1. The van der Waals surface area contributed by atoms with Gasteiger partial charge in [-0.3, -0.25) is 21.3 Å². The number of hydrogen-bond donors (Lipinski definition) is 3. The Kier molecular flexibility index (Phi) is 17.1. The van der Waals surface area contributed by atoms with Crippen molar-refractivity contribution in [2.75, 3.05) is 13.7 Å². The molecule has 1 aromatic carbocycles. The second-order valence-corrected chi connectivity index (χ2v) is 19.0. The van der Waals surface area contributed by atoms with E-state index in [1.165, 1.54) is 24.0 Å². The number of aliphatic hydroxyl groups excluding tert-OH is 1. The van der Waals surface area contributed by atoms with Crippen LogP contribution in [-0.2, 0) is 30.3 Å². The van der Waals surface area contributed by atoms with Gasteiger partial charge in [0.15, 0.2) is 5.78 Å². The van der Waals surface area contributed by atoms with Gasteiger partial charge in [-0.05, 0) is 121 Å². The maximum absolute atomic E-state index is 13.9. The standard InChI is InChI=1S/C44H61ClO5.C2H6.CH4O.H4N2/c1-27(2)39-35(47)24-44(23-28(3)49-22-18-30-9-11-31(45)12-10-30)21-16-34-32(40(39)44)13-14-37-42(7)20-17-36(50-38(48)25-41(5,6)26-46)29(4)33(42)15-19-43(34,37)8;3*1-2/h9-12,26-27,29,32-34,36-37H,3,13-25H2,1-2,4-8H3;1-2H3;2H,1H3;1-2H2. The van der Waals surface area contributed by atoms with Crippen LogP contribution in [0.4, 0.5) is 0 Å². The van der Waals surface area contributed by atoms with Crippen molar-refractivity contribution in [3.8, 4) is 0 Å². The zero-order valence-corrected chi connectivity index (χ0v) is 37.1. The first-order valence-electron chi connectivity index (χ1n) is 21.3. The average Bonchev–Trinajstić information content (AvgIpc) is 3.47. The van der Waals surface area contributed by atoms with E-state index < -0.39 is 5.41 Å². The molecule has 0 spiro atoms. The van der Waals surface area contributed by atoms with Crippen LogP contribution in [0.2, 0.25) is 5.02 Å². The zero-order valence-electron chi connectivity index (χ0n) is 36.3. The van der Waals surface area contributed by atoms with Crippen molar-refractivity contribution in [3.63, 3.8) is 0 Å². The summed E-state index contributed by atoms with van der Waals surface area (Å²) in [6.07, 6.45) is 11.9. The molecule has 316 valence electrons. The van der Waals surface area contributed by atoms with Gasteiger partial charge in [-0.2, -0.15) is 0 Å². The molecule has 0 amide bonds. The Morgan fingerprint density at radius 1 is 1.00 bits per heavy atom. The maximum Gasteiger partial charge on any atom is 0.307 e. The molecular formula is C47H75ClN2O6. The molecular weight excluding hydrogens is 724 g/mol. The van der Waals surface area contributed by atoms with Gasteiger partial charge in [0.25, 0.3) is 0 Å². The highest BCUT2D eigenvalue weighted by Gasteiger charge is 2.65. The number of ketones is 1. The molecule has 9 unspecified atom stereocenters. The Hall–Kier alpha value is -2.52. The number of Topliss-reactive ketones (excluding diaryl/α,β-unsaturated/α-hetero) is 1. The molecule has 9 heteroatoms. The van der Waals surface area contributed by atoms with Crippen molar-refractivity contribution in [2.45, 2.75) is 145 Å². The minimum absolute atomic E-state index is 0.0798. The molecule has 8 nitrogen and oxygen atoms in total. The molecule has 0 bridgehead atoms. The number of hydrazine groups is 1. The van der Waals surface area contributed by atoms with Gasteiger partial charge in [0.2, 0.25) is 0 Å².